The van der Waals surface area contributed by atoms with Crippen molar-refractivity contribution in [2.45, 2.75) is 35.4 Å². The van der Waals surface area contributed by atoms with Crippen molar-refractivity contribution in [3.8, 4) is 0 Å². The van der Waals surface area contributed by atoms with E-state index >= 15 is 0 Å². The van der Waals surface area contributed by atoms with E-state index < -0.39 is 0 Å². The van der Waals surface area contributed by atoms with Crippen molar-refractivity contribution in [1.82, 2.24) is 0 Å². The summed E-state index contributed by atoms with van der Waals surface area (Å²) in [7, 11) is 0. The van der Waals surface area contributed by atoms with Crippen LogP contribution in [0.25, 0.3) is 0 Å². The Morgan fingerprint density at radius 3 is 2.30 bits per heavy atom. The highest BCUT2D eigenvalue weighted by molar-refractivity contribution is 8.00. The minimum atomic E-state index is -0.0946. The molecule has 120 valence electrons. The highest BCUT2D eigenvalue weighted by Gasteiger charge is 2.33. The van der Waals surface area contributed by atoms with Crippen molar-refractivity contribution in [1.29, 1.82) is 0 Å². The fourth-order valence-electron chi connectivity index (χ4n) is 3.05. The summed E-state index contributed by atoms with van der Waals surface area (Å²) < 4.78 is 0. The molecule has 1 amide bonds. The monoisotopic (exact) mass is 326 g/mol. The normalized spacial score (nSPS) is 24.1. The molecular formula is C19H22N2OS. The molecule has 0 radical (unpaired) electrons. The third-order valence-corrected chi connectivity index (χ3v) is 5.58. The van der Waals surface area contributed by atoms with E-state index in [1.807, 2.05) is 48.2 Å². The minimum absolute atomic E-state index is 0.0480. The number of hydrogen-bond donors (Lipinski definition) is 2. The number of benzene rings is 2. The van der Waals surface area contributed by atoms with Crippen molar-refractivity contribution >= 4 is 23.4 Å². The van der Waals surface area contributed by atoms with E-state index in [1.54, 1.807) is 0 Å². The molecule has 1 aliphatic rings. The van der Waals surface area contributed by atoms with Crippen LogP contribution in [0.4, 0.5) is 5.69 Å². The lowest BCUT2D eigenvalue weighted by molar-refractivity contribution is -0.121. The number of nitrogens with two attached hydrogens (primary N) is 1. The Balaban J connectivity index is 1.55. The van der Waals surface area contributed by atoms with Crippen LogP contribution in [0.5, 0.6) is 0 Å². The predicted octanol–water partition coefficient (Wildman–Crippen LogP) is 3.91. The van der Waals surface area contributed by atoms with Gasteiger partial charge in [0.25, 0.3) is 0 Å². The number of para-hydroxylation sites is 1. The summed E-state index contributed by atoms with van der Waals surface area (Å²) in [6.07, 6.45) is 2.76. The maximum absolute atomic E-state index is 12.4. The molecule has 3 rings (SSSR count). The van der Waals surface area contributed by atoms with Gasteiger partial charge in [-0.05, 0) is 43.5 Å². The Morgan fingerprint density at radius 2 is 1.65 bits per heavy atom. The molecule has 0 aromatic heterocycles. The van der Waals surface area contributed by atoms with Crippen LogP contribution in [0.2, 0.25) is 0 Å². The smallest absolute Gasteiger partial charge is 0.229 e. The fraction of sp³-hybridized carbons (Fsp3) is 0.316. The standard InChI is InChI=1S/C19H22N2OS/c20-18-13-16(23-15-9-5-2-6-10-15)11-12-17(18)19(22)21-14-7-3-1-4-8-14/h1-10,16-18H,11-13,20H2,(H,21,22). The van der Waals surface area contributed by atoms with E-state index in [9.17, 15) is 4.79 Å². The highest BCUT2D eigenvalue weighted by atomic mass is 32.2. The molecule has 3 unspecified atom stereocenters. The number of anilines is 1. The molecule has 1 fully saturated rings. The van der Waals surface area contributed by atoms with Gasteiger partial charge in [-0.25, -0.2) is 0 Å². The van der Waals surface area contributed by atoms with E-state index in [2.05, 4.69) is 29.6 Å². The summed E-state index contributed by atoms with van der Waals surface area (Å²) in [6, 6.07) is 19.9. The van der Waals surface area contributed by atoms with Gasteiger partial charge in [0.15, 0.2) is 0 Å². The first-order valence-electron chi connectivity index (χ1n) is 8.05. The van der Waals surface area contributed by atoms with Gasteiger partial charge in [0.05, 0.1) is 5.92 Å². The number of carbonyl (C=O) groups excluding carboxylic acids is 1. The number of rotatable bonds is 4. The molecule has 3 atom stereocenters. The molecule has 0 heterocycles. The predicted molar refractivity (Wildman–Crippen MR) is 96.5 cm³/mol. The van der Waals surface area contributed by atoms with Crippen molar-refractivity contribution in [2.75, 3.05) is 5.32 Å². The van der Waals surface area contributed by atoms with Crippen LogP contribution in [-0.4, -0.2) is 17.2 Å². The van der Waals surface area contributed by atoms with Crippen LogP contribution in [0.15, 0.2) is 65.6 Å². The molecule has 0 spiro atoms. The van der Waals surface area contributed by atoms with Gasteiger partial charge in [-0.2, -0.15) is 0 Å². The Morgan fingerprint density at radius 1 is 1.00 bits per heavy atom. The minimum Gasteiger partial charge on any atom is -0.327 e. The van der Waals surface area contributed by atoms with Gasteiger partial charge in [0, 0.05) is 21.9 Å². The third kappa shape index (κ3) is 4.36. The zero-order valence-corrected chi connectivity index (χ0v) is 13.8. The molecule has 0 bridgehead atoms. The molecule has 2 aromatic rings. The van der Waals surface area contributed by atoms with Crippen molar-refractivity contribution in [3.05, 3.63) is 60.7 Å². The number of hydrogen-bond acceptors (Lipinski definition) is 3. The van der Waals surface area contributed by atoms with Gasteiger partial charge in [0.2, 0.25) is 5.91 Å². The Hall–Kier alpha value is -1.78. The van der Waals surface area contributed by atoms with Crippen LogP contribution in [-0.2, 0) is 4.79 Å². The first-order valence-corrected chi connectivity index (χ1v) is 8.93. The second-order valence-electron chi connectivity index (χ2n) is 5.99. The van der Waals surface area contributed by atoms with Crippen LogP contribution in [0.1, 0.15) is 19.3 Å². The number of carbonyl (C=O) groups is 1. The summed E-state index contributed by atoms with van der Waals surface area (Å²) in [4.78, 5) is 13.7. The van der Waals surface area contributed by atoms with E-state index in [-0.39, 0.29) is 17.9 Å². The molecule has 0 aliphatic heterocycles. The molecule has 3 N–H and O–H groups in total. The zero-order chi connectivity index (χ0) is 16.1. The SMILES string of the molecule is NC1CC(Sc2ccccc2)CCC1C(=O)Nc1ccccc1. The van der Waals surface area contributed by atoms with Crippen LogP contribution >= 0.6 is 11.8 Å². The van der Waals surface area contributed by atoms with Gasteiger partial charge in [0.1, 0.15) is 0 Å². The van der Waals surface area contributed by atoms with E-state index in [0.29, 0.717) is 5.25 Å². The molecule has 1 saturated carbocycles. The lowest BCUT2D eigenvalue weighted by Gasteiger charge is -2.32. The zero-order valence-electron chi connectivity index (χ0n) is 13.0. The largest absolute Gasteiger partial charge is 0.327 e. The summed E-state index contributed by atoms with van der Waals surface area (Å²) in [5.74, 6) is -0.0466. The summed E-state index contributed by atoms with van der Waals surface area (Å²) in [5, 5.41) is 3.47. The molecule has 3 nitrogen and oxygen atoms in total. The second kappa shape index (κ2) is 7.66. The van der Waals surface area contributed by atoms with Gasteiger partial charge in [-0.1, -0.05) is 36.4 Å². The van der Waals surface area contributed by atoms with Crippen molar-refractivity contribution < 1.29 is 4.79 Å². The lowest BCUT2D eigenvalue weighted by Crippen LogP contribution is -2.43. The molecule has 23 heavy (non-hydrogen) atoms. The summed E-state index contributed by atoms with van der Waals surface area (Å²) in [5.41, 5.74) is 7.14. The third-order valence-electron chi connectivity index (χ3n) is 4.28. The molecule has 0 saturated heterocycles. The highest BCUT2D eigenvalue weighted by Crippen LogP contribution is 2.35. The second-order valence-corrected chi connectivity index (χ2v) is 7.37. The fourth-order valence-corrected chi connectivity index (χ4v) is 4.32. The number of nitrogens with one attached hydrogen (secondary N) is 1. The van der Waals surface area contributed by atoms with E-state index in [0.717, 1.165) is 24.9 Å². The Labute approximate surface area is 141 Å². The lowest BCUT2D eigenvalue weighted by atomic mass is 9.84. The van der Waals surface area contributed by atoms with Crippen molar-refractivity contribution in [2.24, 2.45) is 11.7 Å². The van der Waals surface area contributed by atoms with Crippen LogP contribution < -0.4 is 11.1 Å². The first kappa shape index (κ1) is 16.1. The number of amides is 1. The Kier molecular flexibility index (Phi) is 5.36. The summed E-state index contributed by atoms with van der Waals surface area (Å²) >= 11 is 1.87. The van der Waals surface area contributed by atoms with E-state index in [4.69, 9.17) is 5.73 Å². The van der Waals surface area contributed by atoms with Gasteiger partial charge < -0.3 is 11.1 Å². The summed E-state index contributed by atoms with van der Waals surface area (Å²) in [6.45, 7) is 0. The van der Waals surface area contributed by atoms with Crippen LogP contribution in [0.3, 0.4) is 0 Å². The quantitative estimate of drug-likeness (QED) is 0.895. The van der Waals surface area contributed by atoms with Crippen LogP contribution in [0, 0.1) is 5.92 Å². The van der Waals surface area contributed by atoms with Gasteiger partial charge in [-0.3, -0.25) is 4.79 Å². The number of thioether (sulfide) groups is 1. The maximum atomic E-state index is 12.4. The molecule has 2 aromatic carbocycles. The van der Waals surface area contributed by atoms with Gasteiger partial charge in [-0.15, -0.1) is 11.8 Å². The van der Waals surface area contributed by atoms with Crippen molar-refractivity contribution in [3.63, 3.8) is 0 Å². The van der Waals surface area contributed by atoms with Gasteiger partial charge >= 0.3 is 0 Å². The molecular weight excluding hydrogens is 304 g/mol. The first-order chi connectivity index (χ1) is 11.2. The average molecular weight is 326 g/mol. The van der Waals surface area contributed by atoms with E-state index in [1.165, 1.54) is 4.90 Å². The maximum Gasteiger partial charge on any atom is 0.229 e. The molecule has 1 aliphatic carbocycles. The Bertz CT molecular complexity index is 632. The average Bonchev–Trinajstić information content (AvgIpc) is 2.57. The topological polar surface area (TPSA) is 55.1 Å². The molecule has 4 heteroatoms.